The molecule has 0 saturated heterocycles. The number of ketones is 1. The van der Waals surface area contributed by atoms with E-state index in [0.717, 1.165) is 21.4 Å². The Morgan fingerprint density at radius 2 is 1.57 bits per heavy atom. The van der Waals surface area contributed by atoms with Crippen molar-refractivity contribution >= 4 is 39.4 Å². The minimum absolute atomic E-state index is 0.137. The SMILES string of the molecule is CCSC(=Nc1ccccc1)SCC(=O)c1ccccc1. The highest BCUT2D eigenvalue weighted by Crippen LogP contribution is 2.23. The fourth-order valence-corrected chi connectivity index (χ4v) is 3.54. The summed E-state index contributed by atoms with van der Waals surface area (Å²) in [6.45, 7) is 2.09. The predicted octanol–water partition coefficient (Wildman–Crippen LogP) is 5.04. The number of hydrogen-bond donors (Lipinski definition) is 0. The Hall–Kier alpha value is -1.52. The van der Waals surface area contributed by atoms with Crippen molar-refractivity contribution < 1.29 is 4.79 Å². The first-order chi connectivity index (χ1) is 10.3. The van der Waals surface area contributed by atoms with Gasteiger partial charge < -0.3 is 0 Å². The molecular formula is C17H17NOS2. The van der Waals surface area contributed by atoms with Crippen molar-refractivity contribution in [2.45, 2.75) is 6.92 Å². The van der Waals surface area contributed by atoms with Gasteiger partial charge >= 0.3 is 0 Å². The largest absolute Gasteiger partial charge is 0.293 e. The first kappa shape index (κ1) is 15.9. The van der Waals surface area contributed by atoms with E-state index in [1.54, 1.807) is 11.8 Å². The molecule has 0 aromatic heterocycles. The van der Waals surface area contributed by atoms with Crippen molar-refractivity contribution in [2.24, 2.45) is 4.99 Å². The predicted molar refractivity (Wildman–Crippen MR) is 94.9 cm³/mol. The second-order valence-electron chi connectivity index (χ2n) is 4.22. The summed E-state index contributed by atoms with van der Waals surface area (Å²) >= 11 is 3.18. The first-order valence-corrected chi connectivity index (χ1v) is 8.74. The molecule has 2 rings (SSSR count). The maximum atomic E-state index is 12.1. The quantitative estimate of drug-likeness (QED) is 0.439. The van der Waals surface area contributed by atoms with E-state index in [9.17, 15) is 4.79 Å². The van der Waals surface area contributed by atoms with Crippen LogP contribution in [-0.4, -0.2) is 21.7 Å². The zero-order chi connectivity index (χ0) is 14.9. The van der Waals surface area contributed by atoms with E-state index in [1.165, 1.54) is 11.8 Å². The van der Waals surface area contributed by atoms with E-state index in [2.05, 4.69) is 11.9 Å². The molecule has 108 valence electrons. The zero-order valence-electron chi connectivity index (χ0n) is 11.9. The number of aliphatic imine (C=N–C) groups is 1. The van der Waals surface area contributed by atoms with Crippen LogP contribution < -0.4 is 0 Å². The molecule has 4 heteroatoms. The molecule has 2 aromatic rings. The van der Waals surface area contributed by atoms with E-state index in [0.29, 0.717) is 5.75 Å². The third-order valence-electron chi connectivity index (χ3n) is 2.67. The molecule has 0 aliphatic carbocycles. The highest BCUT2D eigenvalue weighted by atomic mass is 32.2. The molecule has 0 N–H and O–H groups in total. The Morgan fingerprint density at radius 3 is 2.19 bits per heavy atom. The molecule has 21 heavy (non-hydrogen) atoms. The lowest BCUT2D eigenvalue weighted by molar-refractivity contribution is 0.102. The van der Waals surface area contributed by atoms with Crippen LogP contribution in [0.1, 0.15) is 17.3 Å². The average molecular weight is 315 g/mol. The van der Waals surface area contributed by atoms with E-state index in [-0.39, 0.29) is 5.78 Å². The summed E-state index contributed by atoms with van der Waals surface area (Å²) in [6, 6.07) is 19.2. The van der Waals surface area contributed by atoms with Crippen LogP contribution in [0, 0.1) is 0 Å². The van der Waals surface area contributed by atoms with Crippen molar-refractivity contribution in [3.63, 3.8) is 0 Å². The summed E-state index contributed by atoms with van der Waals surface area (Å²) in [4.78, 5) is 16.7. The second-order valence-corrected chi connectivity index (χ2v) is 6.70. The molecule has 0 saturated carbocycles. The number of nitrogens with zero attached hydrogens (tertiary/aromatic N) is 1. The Kier molecular flexibility index (Phi) is 6.57. The molecule has 2 nitrogen and oxygen atoms in total. The Labute approximate surface area is 134 Å². The van der Waals surface area contributed by atoms with Crippen LogP contribution >= 0.6 is 23.5 Å². The van der Waals surface area contributed by atoms with Gasteiger partial charge in [0.1, 0.15) is 4.38 Å². The van der Waals surface area contributed by atoms with Crippen molar-refractivity contribution in [3.05, 3.63) is 66.2 Å². The van der Waals surface area contributed by atoms with Gasteiger partial charge in [0.15, 0.2) is 5.78 Å². The minimum atomic E-state index is 0.137. The maximum absolute atomic E-state index is 12.1. The summed E-state index contributed by atoms with van der Waals surface area (Å²) in [5.41, 5.74) is 1.68. The molecule has 0 unspecified atom stereocenters. The molecule has 0 aliphatic heterocycles. The Bertz CT molecular complexity index is 597. The van der Waals surface area contributed by atoms with Crippen molar-refractivity contribution in [1.29, 1.82) is 0 Å². The number of hydrogen-bond acceptors (Lipinski definition) is 4. The van der Waals surface area contributed by atoms with Crippen LogP contribution in [0.25, 0.3) is 0 Å². The number of benzene rings is 2. The zero-order valence-corrected chi connectivity index (χ0v) is 13.5. The third-order valence-corrected chi connectivity index (χ3v) is 4.75. The van der Waals surface area contributed by atoms with Crippen LogP contribution in [-0.2, 0) is 0 Å². The molecule has 0 fully saturated rings. The number of thioether (sulfide) groups is 2. The van der Waals surface area contributed by atoms with Crippen molar-refractivity contribution in [3.8, 4) is 0 Å². The highest BCUT2D eigenvalue weighted by molar-refractivity contribution is 8.39. The second kappa shape index (κ2) is 8.70. The lowest BCUT2D eigenvalue weighted by Crippen LogP contribution is -2.04. The molecule has 0 spiro atoms. The van der Waals surface area contributed by atoms with Gasteiger partial charge in [0.25, 0.3) is 0 Å². The van der Waals surface area contributed by atoms with E-state index >= 15 is 0 Å². The maximum Gasteiger partial charge on any atom is 0.173 e. The average Bonchev–Trinajstić information content (AvgIpc) is 2.54. The minimum Gasteiger partial charge on any atom is -0.293 e. The van der Waals surface area contributed by atoms with Gasteiger partial charge in [0, 0.05) is 5.56 Å². The lowest BCUT2D eigenvalue weighted by atomic mass is 10.2. The van der Waals surface area contributed by atoms with Gasteiger partial charge in [-0.25, -0.2) is 4.99 Å². The fraction of sp³-hybridized carbons (Fsp3) is 0.176. The van der Waals surface area contributed by atoms with E-state index < -0.39 is 0 Å². The van der Waals surface area contributed by atoms with Gasteiger partial charge in [-0.05, 0) is 17.9 Å². The number of rotatable bonds is 5. The van der Waals surface area contributed by atoms with Crippen LogP contribution in [0.5, 0.6) is 0 Å². The Morgan fingerprint density at radius 1 is 0.952 bits per heavy atom. The van der Waals surface area contributed by atoms with Crippen LogP contribution in [0.2, 0.25) is 0 Å². The van der Waals surface area contributed by atoms with Crippen LogP contribution in [0.3, 0.4) is 0 Å². The summed E-state index contributed by atoms with van der Waals surface area (Å²) in [5.74, 6) is 1.50. The summed E-state index contributed by atoms with van der Waals surface area (Å²) < 4.78 is 0.938. The smallest absolute Gasteiger partial charge is 0.173 e. The molecule has 0 heterocycles. The molecule has 0 aliphatic rings. The number of carbonyl (C=O) groups is 1. The fourth-order valence-electron chi connectivity index (χ4n) is 1.67. The van der Waals surface area contributed by atoms with Crippen LogP contribution in [0.4, 0.5) is 5.69 Å². The molecule has 0 radical (unpaired) electrons. The highest BCUT2D eigenvalue weighted by Gasteiger charge is 2.08. The molecular weight excluding hydrogens is 298 g/mol. The standard InChI is InChI=1S/C17H17NOS2/c1-2-20-17(18-15-11-7-4-8-12-15)21-13-16(19)14-9-5-3-6-10-14/h3-12H,2,13H2,1H3. The summed E-state index contributed by atoms with van der Waals surface area (Å²) in [7, 11) is 0. The summed E-state index contributed by atoms with van der Waals surface area (Å²) in [5, 5.41) is 0. The molecule has 0 atom stereocenters. The third kappa shape index (κ3) is 5.40. The monoisotopic (exact) mass is 315 g/mol. The topological polar surface area (TPSA) is 29.4 Å². The van der Waals surface area contributed by atoms with Crippen LogP contribution in [0.15, 0.2) is 65.7 Å². The lowest BCUT2D eigenvalue weighted by Gasteiger charge is -2.04. The van der Waals surface area contributed by atoms with E-state index in [4.69, 9.17) is 0 Å². The van der Waals surface area contributed by atoms with Gasteiger partial charge in [-0.15, -0.1) is 0 Å². The van der Waals surface area contributed by atoms with Gasteiger partial charge in [-0.3, -0.25) is 4.79 Å². The number of para-hydroxylation sites is 1. The van der Waals surface area contributed by atoms with Crippen molar-refractivity contribution in [1.82, 2.24) is 0 Å². The van der Waals surface area contributed by atoms with Gasteiger partial charge in [-0.1, -0.05) is 79.0 Å². The van der Waals surface area contributed by atoms with Crippen molar-refractivity contribution in [2.75, 3.05) is 11.5 Å². The molecule has 0 amide bonds. The first-order valence-electron chi connectivity index (χ1n) is 6.77. The molecule has 2 aromatic carbocycles. The van der Waals surface area contributed by atoms with E-state index in [1.807, 2.05) is 60.7 Å². The number of Topliss-reactive ketones (excluding diaryl/α,β-unsaturated/α-hetero) is 1. The molecule has 0 bridgehead atoms. The number of carbonyl (C=O) groups excluding carboxylic acids is 1. The van der Waals surface area contributed by atoms with Gasteiger partial charge in [-0.2, -0.15) is 0 Å². The Balaban J connectivity index is 2.01. The van der Waals surface area contributed by atoms with Gasteiger partial charge in [0.05, 0.1) is 11.4 Å². The summed E-state index contributed by atoms with van der Waals surface area (Å²) in [6.07, 6.45) is 0. The van der Waals surface area contributed by atoms with Gasteiger partial charge in [0.2, 0.25) is 0 Å². The normalized spacial score (nSPS) is 11.4.